The molecule has 108 valence electrons. The summed E-state index contributed by atoms with van der Waals surface area (Å²) in [5, 5.41) is 27.5. The van der Waals surface area contributed by atoms with Crippen LogP contribution in [0.2, 0.25) is 0 Å². The molecule has 22 heavy (non-hydrogen) atoms. The Morgan fingerprint density at radius 3 is 2.41 bits per heavy atom. The number of rotatable bonds is 4. The van der Waals surface area contributed by atoms with Gasteiger partial charge in [-0.05, 0) is 42.0 Å². The fourth-order valence-electron chi connectivity index (χ4n) is 1.83. The predicted octanol–water partition coefficient (Wildman–Crippen LogP) is 2.51. The van der Waals surface area contributed by atoms with Crippen molar-refractivity contribution in [1.82, 2.24) is 0 Å². The van der Waals surface area contributed by atoms with Crippen LogP contribution in [0, 0.1) is 16.7 Å². The molecule has 3 N–H and O–H groups in total. The summed E-state index contributed by atoms with van der Waals surface area (Å²) in [6, 6.07) is 12.2. The molecule has 2 rings (SSSR count). The smallest absolute Gasteiger partial charge is 0.337 e. The molecule has 0 atom stereocenters. The van der Waals surface area contributed by atoms with Crippen molar-refractivity contribution in [2.75, 3.05) is 5.32 Å². The summed E-state index contributed by atoms with van der Waals surface area (Å²) < 4.78 is 0. The third-order valence-corrected chi connectivity index (χ3v) is 2.97. The van der Waals surface area contributed by atoms with Gasteiger partial charge >= 0.3 is 5.97 Å². The topological polar surface area (TPSA) is 114 Å². The molecule has 0 aromatic heterocycles. The van der Waals surface area contributed by atoms with E-state index in [9.17, 15) is 14.7 Å². The Bertz CT molecular complexity index is 789. The van der Waals surface area contributed by atoms with Crippen molar-refractivity contribution >= 4 is 23.8 Å². The van der Waals surface area contributed by atoms with Crippen molar-refractivity contribution in [3.63, 3.8) is 0 Å². The van der Waals surface area contributed by atoms with Crippen LogP contribution < -0.4 is 5.32 Å². The van der Waals surface area contributed by atoms with E-state index in [-0.39, 0.29) is 11.3 Å². The highest BCUT2D eigenvalue weighted by atomic mass is 16.4. The number of hydrogen-bond donors (Lipinski definition) is 3. The molecule has 2 aromatic rings. The van der Waals surface area contributed by atoms with Crippen molar-refractivity contribution in [3.05, 3.63) is 64.7 Å². The summed E-state index contributed by atoms with van der Waals surface area (Å²) in [5.74, 6) is -1.67. The van der Waals surface area contributed by atoms with Crippen molar-refractivity contribution in [2.45, 2.75) is 0 Å². The van der Waals surface area contributed by atoms with Gasteiger partial charge in [-0.15, -0.1) is 0 Å². The van der Waals surface area contributed by atoms with E-state index in [1.807, 2.05) is 6.07 Å². The summed E-state index contributed by atoms with van der Waals surface area (Å²) in [5.41, 5.74) is 1.22. The lowest BCUT2D eigenvalue weighted by Gasteiger charge is -2.09. The van der Waals surface area contributed by atoms with E-state index in [0.29, 0.717) is 16.7 Å². The van der Waals surface area contributed by atoms with Crippen LogP contribution in [-0.4, -0.2) is 23.2 Å². The van der Waals surface area contributed by atoms with Crippen LogP contribution in [0.1, 0.15) is 31.8 Å². The highest BCUT2D eigenvalue weighted by molar-refractivity contribution is 6.08. The van der Waals surface area contributed by atoms with Gasteiger partial charge in [0, 0.05) is 11.8 Å². The molecule has 6 nitrogen and oxygen atoms in total. The van der Waals surface area contributed by atoms with Gasteiger partial charge in [0.05, 0.1) is 22.9 Å². The highest BCUT2D eigenvalue weighted by Crippen LogP contribution is 2.18. The molecule has 0 bridgehead atoms. The molecule has 0 aliphatic heterocycles. The van der Waals surface area contributed by atoms with E-state index in [2.05, 4.69) is 5.32 Å². The molecule has 0 radical (unpaired) electrons. The molecular weight excluding hydrogens is 282 g/mol. The number of aromatic carboxylic acids is 1. The fourth-order valence-corrected chi connectivity index (χ4v) is 1.83. The minimum absolute atomic E-state index is 0.0944. The number of carbonyl (C=O) groups excluding carboxylic acids is 1. The number of carbonyl (C=O) groups is 2. The third kappa shape index (κ3) is 3.16. The first-order valence-electron chi connectivity index (χ1n) is 6.24. The standard InChI is InChI=1S/C16H11N3O3/c17-8-10-1-4-12(5-2-10)15(20)19-14-6-3-11(9-18)7-13(14)16(21)22/h1-7,9,18H,(H,19,20)(H,21,22). The van der Waals surface area contributed by atoms with Crippen LogP contribution in [0.4, 0.5) is 5.69 Å². The van der Waals surface area contributed by atoms with Crippen LogP contribution in [0.5, 0.6) is 0 Å². The quantitative estimate of drug-likeness (QED) is 0.751. The van der Waals surface area contributed by atoms with E-state index < -0.39 is 11.9 Å². The molecule has 0 aliphatic carbocycles. The lowest BCUT2D eigenvalue weighted by Crippen LogP contribution is -2.15. The first-order valence-corrected chi connectivity index (χ1v) is 6.24. The van der Waals surface area contributed by atoms with Crippen molar-refractivity contribution < 1.29 is 14.7 Å². The Hall–Kier alpha value is -3.46. The van der Waals surface area contributed by atoms with Crippen LogP contribution in [-0.2, 0) is 0 Å². The number of carboxylic acid groups (broad SMARTS) is 1. The molecule has 0 saturated carbocycles. The Morgan fingerprint density at radius 2 is 1.86 bits per heavy atom. The van der Waals surface area contributed by atoms with Crippen LogP contribution in [0.25, 0.3) is 0 Å². The van der Waals surface area contributed by atoms with Gasteiger partial charge in [0.25, 0.3) is 5.91 Å². The number of nitriles is 1. The summed E-state index contributed by atoms with van der Waals surface area (Å²) in [7, 11) is 0. The van der Waals surface area contributed by atoms with Crippen LogP contribution in [0.3, 0.4) is 0 Å². The number of amides is 1. The third-order valence-electron chi connectivity index (χ3n) is 2.97. The number of hydrogen-bond acceptors (Lipinski definition) is 4. The average Bonchev–Trinajstić information content (AvgIpc) is 2.55. The Morgan fingerprint density at radius 1 is 1.18 bits per heavy atom. The lowest BCUT2D eigenvalue weighted by molar-refractivity contribution is 0.0698. The second-order valence-corrected chi connectivity index (χ2v) is 4.40. The predicted molar refractivity (Wildman–Crippen MR) is 80.4 cm³/mol. The molecule has 0 saturated heterocycles. The molecule has 6 heteroatoms. The number of nitrogens with zero attached hydrogens (tertiary/aromatic N) is 1. The second-order valence-electron chi connectivity index (χ2n) is 4.40. The Balaban J connectivity index is 2.29. The molecule has 0 fully saturated rings. The highest BCUT2D eigenvalue weighted by Gasteiger charge is 2.14. The zero-order chi connectivity index (χ0) is 16.1. The van der Waals surface area contributed by atoms with Gasteiger partial charge in [-0.3, -0.25) is 4.79 Å². The maximum Gasteiger partial charge on any atom is 0.337 e. The molecular formula is C16H11N3O3. The minimum atomic E-state index is -1.20. The summed E-state index contributed by atoms with van der Waals surface area (Å²) >= 11 is 0. The first kappa shape index (κ1) is 14.9. The summed E-state index contributed by atoms with van der Waals surface area (Å²) in [6.45, 7) is 0. The molecule has 2 aromatic carbocycles. The zero-order valence-corrected chi connectivity index (χ0v) is 11.3. The van der Waals surface area contributed by atoms with Gasteiger partial charge in [0.2, 0.25) is 0 Å². The van der Waals surface area contributed by atoms with E-state index in [4.69, 9.17) is 10.7 Å². The molecule has 0 spiro atoms. The van der Waals surface area contributed by atoms with Crippen molar-refractivity contribution in [3.8, 4) is 6.07 Å². The van der Waals surface area contributed by atoms with Crippen molar-refractivity contribution in [2.24, 2.45) is 0 Å². The molecule has 0 aliphatic rings. The van der Waals surface area contributed by atoms with E-state index >= 15 is 0 Å². The van der Waals surface area contributed by atoms with E-state index in [1.165, 1.54) is 42.5 Å². The van der Waals surface area contributed by atoms with Crippen LogP contribution in [0.15, 0.2) is 42.5 Å². The van der Waals surface area contributed by atoms with Crippen molar-refractivity contribution in [1.29, 1.82) is 10.7 Å². The van der Waals surface area contributed by atoms with E-state index in [1.54, 1.807) is 0 Å². The zero-order valence-electron chi connectivity index (χ0n) is 11.3. The first-order chi connectivity index (χ1) is 10.5. The number of nitrogens with one attached hydrogen (secondary N) is 2. The van der Waals surface area contributed by atoms with Gasteiger partial charge in [-0.25, -0.2) is 4.79 Å². The van der Waals surface area contributed by atoms with Gasteiger partial charge in [0.1, 0.15) is 0 Å². The maximum absolute atomic E-state index is 12.1. The van der Waals surface area contributed by atoms with Gasteiger partial charge in [-0.2, -0.15) is 5.26 Å². The average molecular weight is 293 g/mol. The number of benzene rings is 2. The Kier molecular flexibility index (Phi) is 4.30. The van der Waals surface area contributed by atoms with Gasteiger partial charge < -0.3 is 15.8 Å². The molecule has 0 heterocycles. The summed E-state index contributed by atoms with van der Waals surface area (Å²) in [6.07, 6.45) is 1.03. The fraction of sp³-hybridized carbons (Fsp3) is 0. The minimum Gasteiger partial charge on any atom is -0.478 e. The normalized spacial score (nSPS) is 9.59. The lowest BCUT2D eigenvalue weighted by atomic mass is 10.1. The number of anilines is 1. The number of carboxylic acids is 1. The molecule has 0 unspecified atom stereocenters. The van der Waals surface area contributed by atoms with Gasteiger partial charge in [-0.1, -0.05) is 6.07 Å². The largest absolute Gasteiger partial charge is 0.478 e. The van der Waals surface area contributed by atoms with Gasteiger partial charge in [0.15, 0.2) is 0 Å². The van der Waals surface area contributed by atoms with E-state index in [0.717, 1.165) is 6.21 Å². The monoisotopic (exact) mass is 293 g/mol. The maximum atomic E-state index is 12.1. The Labute approximate surface area is 126 Å². The summed E-state index contributed by atoms with van der Waals surface area (Å²) in [4.78, 5) is 23.3. The second kappa shape index (κ2) is 6.33. The van der Waals surface area contributed by atoms with Crippen LogP contribution >= 0.6 is 0 Å². The SMILES string of the molecule is N#Cc1ccc(C(=O)Nc2ccc(C=N)cc2C(=O)O)cc1. The molecule has 1 amide bonds.